The van der Waals surface area contributed by atoms with Crippen LogP contribution in [-0.4, -0.2) is 64.0 Å². The molecule has 3 saturated heterocycles. The molecule has 0 unspecified atom stereocenters. The Bertz CT molecular complexity index is 1060. The number of nitrogens with zero attached hydrogens (tertiary/aromatic N) is 2. The number of rotatable bonds is 6. The molecule has 182 valence electrons. The van der Waals surface area contributed by atoms with Gasteiger partial charge in [-0.3, -0.25) is 9.80 Å². The van der Waals surface area contributed by atoms with Crippen molar-refractivity contribution < 1.29 is 38.1 Å². The Kier molecular flexibility index (Phi) is 5.78. The molecule has 0 saturated carbocycles. The molecule has 3 heterocycles. The fourth-order valence-corrected chi connectivity index (χ4v) is 4.71. The summed E-state index contributed by atoms with van der Waals surface area (Å²) in [5, 5.41) is 0. The van der Waals surface area contributed by atoms with Crippen molar-refractivity contribution in [1.29, 1.82) is 0 Å². The Morgan fingerprint density at radius 2 is 1.03 bits per heavy atom. The van der Waals surface area contributed by atoms with Gasteiger partial charge in [0.1, 0.15) is 12.2 Å². The first kappa shape index (κ1) is 23.0. The molecule has 10 heteroatoms. The van der Waals surface area contributed by atoms with Crippen LogP contribution in [0.1, 0.15) is 25.0 Å². The summed E-state index contributed by atoms with van der Waals surface area (Å²) >= 11 is 0. The molecule has 0 radical (unpaired) electrons. The maximum Gasteiger partial charge on any atom is 0.418 e. The zero-order chi connectivity index (χ0) is 24.7. The molecule has 3 aliphatic rings. The highest BCUT2D eigenvalue weighted by molar-refractivity contribution is 5.97. The van der Waals surface area contributed by atoms with E-state index in [1.165, 1.54) is 9.80 Å². The highest BCUT2D eigenvalue weighted by Gasteiger charge is 2.61. The van der Waals surface area contributed by atoms with Gasteiger partial charge in [-0.1, -0.05) is 60.7 Å². The predicted molar refractivity (Wildman–Crippen MR) is 118 cm³/mol. The Balaban J connectivity index is 1.47. The minimum atomic E-state index is -1.20. The van der Waals surface area contributed by atoms with Crippen molar-refractivity contribution in [3.05, 3.63) is 71.8 Å². The molecule has 10 nitrogen and oxygen atoms in total. The van der Waals surface area contributed by atoms with Crippen LogP contribution >= 0.6 is 0 Å². The number of carbonyl (C=O) groups excluding carboxylic acids is 4. The van der Waals surface area contributed by atoms with Crippen LogP contribution in [-0.2, 0) is 41.6 Å². The van der Waals surface area contributed by atoms with E-state index in [1.54, 1.807) is 13.8 Å². The number of amides is 2. The van der Waals surface area contributed by atoms with E-state index in [-0.39, 0.29) is 13.1 Å². The van der Waals surface area contributed by atoms with Gasteiger partial charge in [0, 0.05) is 0 Å². The molecule has 0 aromatic heterocycles. The molecule has 0 N–H and O–H groups in total. The zero-order valence-corrected chi connectivity index (χ0v) is 19.2. The molecule has 0 bridgehead atoms. The Hall–Kier alpha value is -3.76. The molecular formula is C25H24N2O8. The second-order valence-electron chi connectivity index (χ2n) is 9.06. The summed E-state index contributed by atoms with van der Waals surface area (Å²) in [6, 6.07) is 15.8. The third kappa shape index (κ3) is 4.38. The first-order valence-corrected chi connectivity index (χ1v) is 11.2. The summed E-state index contributed by atoms with van der Waals surface area (Å²) < 4.78 is 22.0. The fraction of sp³-hybridized carbons (Fsp3) is 0.360. The van der Waals surface area contributed by atoms with Crippen molar-refractivity contribution >= 4 is 24.1 Å². The van der Waals surface area contributed by atoms with E-state index in [0.29, 0.717) is 0 Å². The largest absolute Gasteiger partial charge is 0.418 e. The summed E-state index contributed by atoms with van der Waals surface area (Å²) in [6.07, 6.45) is -3.81. The third-order valence-corrected chi connectivity index (χ3v) is 6.18. The lowest BCUT2D eigenvalue weighted by Gasteiger charge is -2.31. The Labute approximate surface area is 201 Å². The number of esters is 2. The lowest BCUT2D eigenvalue weighted by molar-refractivity contribution is -0.159. The Morgan fingerprint density at radius 1 is 0.657 bits per heavy atom. The van der Waals surface area contributed by atoms with Crippen LogP contribution in [0.4, 0.5) is 9.59 Å². The molecule has 0 spiro atoms. The van der Waals surface area contributed by atoms with E-state index >= 15 is 0 Å². The number of hydrogen-bond donors (Lipinski definition) is 0. The quantitative estimate of drug-likeness (QED) is 0.458. The van der Waals surface area contributed by atoms with Crippen LogP contribution in [0.5, 0.6) is 0 Å². The highest BCUT2D eigenvalue weighted by atomic mass is 16.8. The summed E-state index contributed by atoms with van der Waals surface area (Å²) in [4.78, 5) is 53.4. The van der Waals surface area contributed by atoms with Crippen LogP contribution in [0, 0.1) is 0 Å². The van der Waals surface area contributed by atoms with Crippen LogP contribution in [0.15, 0.2) is 60.7 Å². The van der Waals surface area contributed by atoms with E-state index in [0.717, 1.165) is 11.1 Å². The van der Waals surface area contributed by atoms with E-state index in [2.05, 4.69) is 0 Å². The smallest absolute Gasteiger partial charge is 0.374 e. The first-order valence-electron chi connectivity index (χ1n) is 11.2. The van der Waals surface area contributed by atoms with Gasteiger partial charge >= 0.3 is 24.1 Å². The predicted octanol–water partition coefficient (Wildman–Crippen LogP) is 2.60. The standard InChI is InChI=1S/C25H24N2O8/c1-25(2)34-19(17-21(28)32-23(30)26(17)13-15-9-5-3-6-10-15)20(35-25)18-22(29)33-24(31)27(18)14-16-11-7-4-8-12-16/h3-12,17-20H,13-14H2,1-2H3/t17-,18-,19-,20+/m0/s1. The molecule has 4 atom stereocenters. The molecule has 3 fully saturated rings. The minimum Gasteiger partial charge on any atom is -0.374 e. The topological polar surface area (TPSA) is 112 Å². The van der Waals surface area contributed by atoms with Crippen molar-refractivity contribution in [3.63, 3.8) is 0 Å². The number of hydrogen-bond acceptors (Lipinski definition) is 8. The van der Waals surface area contributed by atoms with Gasteiger partial charge in [0.05, 0.1) is 13.1 Å². The average molecular weight is 480 g/mol. The summed E-state index contributed by atoms with van der Waals surface area (Å²) in [5.74, 6) is -2.83. The van der Waals surface area contributed by atoms with Crippen molar-refractivity contribution in [3.8, 4) is 0 Å². The van der Waals surface area contributed by atoms with Gasteiger partial charge in [0.2, 0.25) is 0 Å². The zero-order valence-electron chi connectivity index (χ0n) is 19.2. The SMILES string of the molecule is CC1(C)O[C@@H]([C@H]2C(=O)OC(=O)N2Cc2ccccc2)[C@@H]([C@H]2C(=O)OC(=O)N2Cc2ccccc2)O1. The van der Waals surface area contributed by atoms with Crippen molar-refractivity contribution in [2.24, 2.45) is 0 Å². The first-order chi connectivity index (χ1) is 16.7. The fourth-order valence-electron chi connectivity index (χ4n) is 4.71. The minimum absolute atomic E-state index is 0.0882. The maximum atomic E-state index is 12.8. The summed E-state index contributed by atoms with van der Waals surface area (Å²) in [5.41, 5.74) is 1.56. The third-order valence-electron chi connectivity index (χ3n) is 6.18. The number of benzene rings is 2. The molecule has 2 aromatic carbocycles. The lowest BCUT2D eigenvalue weighted by Crippen LogP contribution is -2.55. The van der Waals surface area contributed by atoms with Gasteiger partial charge in [0.25, 0.3) is 0 Å². The van der Waals surface area contributed by atoms with E-state index in [9.17, 15) is 19.2 Å². The van der Waals surface area contributed by atoms with Gasteiger partial charge < -0.3 is 18.9 Å². The van der Waals surface area contributed by atoms with Crippen LogP contribution in [0.3, 0.4) is 0 Å². The average Bonchev–Trinajstić information content (AvgIpc) is 3.38. The normalized spacial score (nSPS) is 27.9. The monoisotopic (exact) mass is 480 g/mol. The van der Waals surface area contributed by atoms with E-state index in [4.69, 9.17) is 18.9 Å². The molecule has 35 heavy (non-hydrogen) atoms. The molecule has 0 aliphatic carbocycles. The second kappa shape index (κ2) is 8.79. The van der Waals surface area contributed by atoms with Gasteiger partial charge in [-0.15, -0.1) is 0 Å². The van der Waals surface area contributed by atoms with E-state index < -0.39 is 54.2 Å². The van der Waals surface area contributed by atoms with Gasteiger partial charge in [-0.2, -0.15) is 0 Å². The molecule has 3 aliphatic heterocycles. The number of carbonyl (C=O) groups is 4. The maximum absolute atomic E-state index is 12.8. The van der Waals surface area contributed by atoms with Gasteiger partial charge in [0.15, 0.2) is 17.9 Å². The van der Waals surface area contributed by atoms with Crippen molar-refractivity contribution in [1.82, 2.24) is 9.80 Å². The second-order valence-corrected chi connectivity index (χ2v) is 9.06. The summed E-state index contributed by atoms with van der Waals surface area (Å²) in [7, 11) is 0. The molecule has 5 rings (SSSR count). The van der Waals surface area contributed by atoms with Gasteiger partial charge in [-0.25, -0.2) is 19.2 Å². The summed E-state index contributed by atoms with van der Waals surface area (Å²) in [6.45, 7) is 3.44. The van der Waals surface area contributed by atoms with Crippen molar-refractivity contribution in [2.75, 3.05) is 0 Å². The highest BCUT2D eigenvalue weighted by Crippen LogP contribution is 2.39. The molecule has 2 amide bonds. The van der Waals surface area contributed by atoms with Crippen LogP contribution < -0.4 is 0 Å². The lowest BCUT2D eigenvalue weighted by atomic mass is 9.97. The van der Waals surface area contributed by atoms with Crippen LogP contribution in [0.2, 0.25) is 0 Å². The number of cyclic esters (lactones) is 4. The Morgan fingerprint density at radius 3 is 1.40 bits per heavy atom. The van der Waals surface area contributed by atoms with E-state index in [1.807, 2.05) is 60.7 Å². The molecular weight excluding hydrogens is 456 g/mol. The van der Waals surface area contributed by atoms with Crippen molar-refractivity contribution in [2.45, 2.75) is 57.0 Å². The van der Waals surface area contributed by atoms with Crippen LogP contribution in [0.25, 0.3) is 0 Å². The number of ether oxygens (including phenoxy) is 4. The van der Waals surface area contributed by atoms with Gasteiger partial charge in [-0.05, 0) is 25.0 Å². The molecule has 2 aromatic rings.